The van der Waals surface area contributed by atoms with Crippen LogP contribution in [0, 0.1) is 0 Å². The molecule has 0 aromatic heterocycles. The summed E-state index contributed by atoms with van der Waals surface area (Å²) in [5, 5.41) is 18.8. The van der Waals surface area contributed by atoms with E-state index in [9.17, 15) is 9.90 Å². The van der Waals surface area contributed by atoms with Crippen LogP contribution in [0.2, 0.25) is 0 Å². The fourth-order valence-electron chi connectivity index (χ4n) is 1.71. The monoisotopic (exact) mass is 253 g/mol. The van der Waals surface area contributed by atoms with E-state index < -0.39 is 0 Å². The fourth-order valence-corrected chi connectivity index (χ4v) is 1.71. The van der Waals surface area contributed by atoms with E-state index in [0.29, 0.717) is 25.3 Å². The lowest BCUT2D eigenvalue weighted by Gasteiger charge is -2.24. The maximum Gasteiger partial charge on any atom is 0.163 e. The molecule has 0 saturated heterocycles. The van der Waals surface area contributed by atoms with Crippen molar-refractivity contribution in [1.29, 1.82) is 0 Å². The number of phenolic OH excluding ortho intramolecular Hbond substituents is 1. The number of rotatable bonds is 7. The van der Waals surface area contributed by atoms with Crippen LogP contribution in [0.1, 0.15) is 17.3 Å². The van der Waals surface area contributed by atoms with Gasteiger partial charge < -0.3 is 19.8 Å². The number of benzene rings is 1. The number of aliphatic hydroxyl groups excluding tert-OH is 1. The topological polar surface area (TPSA) is 70.0 Å². The number of anilines is 1. The first-order chi connectivity index (χ1) is 8.60. The van der Waals surface area contributed by atoms with E-state index in [0.717, 1.165) is 5.69 Å². The lowest BCUT2D eigenvalue weighted by atomic mass is 10.1. The molecular formula is C13H19NO4. The SMILES string of the molecule is COCCN(CCO)c1ccc(C(C)=O)c(O)c1. The van der Waals surface area contributed by atoms with Crippen LogP contribution in [0.15, 0.2) is 18.2 Å². The zero-order valence-corrected chi connectivity index (χ0v) is 10.7. The lowest BCUT2D eigenvalue weighted by Crippen LogP contribution is -2.30. The minimum Gasteiger partial charge on any atom is -0.507 e. The van der Waals surface area contributed by atoms with Gasteiger partial charge in [-0.25, -0.2) is 0 Å². The number of ketones is 1. The van der Waals surface area contributed by atoms with Crippen LogP contribution in [0.5, 0.6) is 5.75 Å². The summed E-state index contributed by atoms with van der Waals surface area (Å²) in [5.74, 6) is -0.218. The molecule has 0 radical (unpaired) electrons. The third kappa shape index (κ3) is 3.72. The van der Waals surface area contributed by atoms with Gasteiger partial charge in [-0.05, 0) is 19.1 Å². The second-order valence-electron chi connectivity index (χ2n) is 3.96. The normalized spacial score (nSPS) is 10.4. The molecule has 2 N–H and O–H groups in total. The Kier molecular flexibility index (Phi) is 5.61. The van der Waals surface area contributed by atoms with Gasteiger partial charge in [-0.3, -0.25) is 4.79 Å². The summed E-state index contributed by atoms with van der Waals surface area (Å²) in [7, 11) is 1.60. The molecule has 0 bridgehead atoms. The molecule has 0 atom stereocenters. The molecule has 0 fully saturated rings. The van der Waals surface area contributed by atoms with Crippen LogP contribution in [-0.4, -0.2) is 49.4 Å². The predicted molar refractivity (Wildman–Crippen MR) is 69.3 cm³/mol. The number of aromatic hydroxyl groups is 1. The quantitative estimate of drug-likeness (QED) is 0.710. The Morgan fingerprint density at radius 3 is 2.61 bits per heavy atom. The van der Waals surface area contributed by atoms with Crippen LogP contribution >= 0.6 is 0 Å². The standard InChI is InChI=1S/C13H19NO4/c1-10(16)12-4-3-11(9-13(12)17)14(5-7-15)6-8-18-2/h3-4,9,15,17H,5-8H2,1-2H3. The molecule has 0 aliphatic heterocycles. The van der Waals surface area contributed by atoms with Gasteiger partial charge in [0, 0.05) is 32.0 Å². The predicted octanol–water partition coefficient (Wildman–Crippen LogP) is 1.04. The Balaban J connectivity index is 2.91. The van der Waals surface area contributed by atoms with Crippen LogP contribution in [0.25, 0.3) is 0 Å². The van der Waals surface area contributed by atoms with E-state index in [-0.39, 0.29) is 18.1 Å². The van der Waals surface area contributed by atoms with Crippen molar-refractivity contribution in [2.75, 3.05) is 38.3 Å². The third-order valence-electron chi connectivity index (χ3n) is 2.66. The molecule has 1 aromatic carbocycles. The summed E-state index contributed by atoms with van der Waals surface area (Å²) in [6, 6.07) is 4.87. The van der Waals surface area contributed by atoms with Crippen LogP contribution in [0.4, 0.5) is 5.69 Å². The molecular weight excluding hydrogens is 234 g/mol. The van der Waals surface area contributed by atoms with E-state index in [1.165, 1.54) is 13.0 Å². The summed E-state index contributed by atoms with van der Waals surface area (Å²) < 4.78 is 4.99. The summed E-state index contributed by atoms with van der Waals surface area (Å²) in [4.78, 5) is 13.1. The van der Waals surface area contributed by atoms with Gasteiger partial charge in [0.1, 0.15) is 5.75 Å². The number of aliphatic hydroxyl groups is 1. The second-order valence-corrected chi connectivity index (χ2v) is 3.96. The molecule has 0 unspecified atom stereocenters. The number of hydrogen-bond acceptors (Lipinski definition) is 5. The van der Waals surface area contributed by atoms with Crippen molar-refractivity contribution in [2.45, 2.75) is 6.92 Å². The number of nitrogens with zero attached hydrogens (tertiary/aromatic N) is 1. The maximum atomic E-state index is 11.2. The Morgan fingerprint density at radius 1 is 1.39 bits per heavy atom. The Hall–Kier alpha value is -1.59. The van der Waals surface area contributed by atoms with Gasteiger partial charge in [0.25, 0.3) is 0 Å². The van der Waals surface area contributed by atoms with E-state index in [2.05, 4.69) is 0 Å². The fraction of sp³-hybridized carbons (Fsp3) is 0.462. The van der Waals surface area contributed by atoms with Crippen LogP contribution < -0.4 is 4.90 Å². The summed E-state index contributed by atoms with van der Waals surface area (Å²) in [5.41, 5.74) is 1.05. The maximum absolute atomic E-state index is 11.2. The molecule has 0 saturated carbocycles. The second kappa shape index (κ2) is 6.98. The van der Waals surface area contributed by atoms with Gasteiger partial charge in [-0.15, -0.1) is 0 Å². The highest BCUT2D eigenvalue weighted by molar-refractivity contribution is 5.97. The van der Waals surface area contributed by atoms with Gasteiger partial charge >= 0.3 is 0 Å². The Bertz CT molecular complexity index is 406. The Morgan fingerprint density at radius 2 is 2.11 bits per heavy atom. The average molecular weight is 253 g/mol. The first kappa shape index (κ1) is 14.5. The van der Waals surface area contributed by atoms with Crippen molar-refractivity contribution in [1.82, 2.24) is 0 Å². The summed E-state index contributed by atoms with van der Waals surface area (Å²) in [6.45, 7) is 3.00. The highest BCUT2D eigenvalue weighted by Crippen LogP contribution is 2.24. The van der Waals surface area contributed by atoms with Gasteiger partial charge in [0.05, 0.1) is 18.8 Å². The van der Waals surface area contributed by atoms with Crippen molar-refractivity contribution < 1.29 is 19.7 Å². The number of methoxy groups -OCH3 is 1. The van der Waals surface area contributed by atoms with Gasteiger partial charge in [-0.1, -0.05) is 0 Å². The number of ether oxygens (including phenoxy) is 1. The molecule has 5 heteroatoms. The molecule has 0 aliphatic rings. The van der Waals surface area contributed by atoms with Crippen molar-refractivity contribution in [3.05, 3.63) is 23.8 Å². The van der Waals surface area contributed by atoms with Gasteiger partial charge in [-0.2, -0.15) is 0 Å². The molecule has 1 aromatic rings. The highest BCUT2D eigenvalue weighted by atomic mass is 16.5. The van der Waals surface area contributed by atoms with Crippen LogP contribution in [0.3, 0.4) is 0 Å². The summed E-state index contributed by atoms with van der Waals surface area (Å²) >= 11 is 0. The molecule has 0 heterocycles. The zero-order chi connectivity index (χ0) is 13.5. The number of Topliss-reactive ketones (excluding diaryl/α,β-unsaturated/α-hetero) is 1. The molecule has 0 aliphatic carbocycles. The van der Waals surface area contributed by atoms with Crippen molar-refractivity contribution in [3.63, 3.8) is 0 Å². The van der Waals surface area contributed by atoms with Gasteiger partial charge in [0.15, 0.2) is 5.78 Å². The van der Waals surface area contributed by atoms with E-state index in [1.807, 2.05) is 4.90 Å². The third-order valence-corrected chi connectivity index (χ3v) is 2.66. The zero-order valence-electron chi connectivity index (χ0n) is 10.7. The smallest absolute Gasteiger partial charge is 0.163 e. The molecule has 0 spiro atoms. The largest absolute Gasteiger partial charge is 0.507 e. The van der Waals surface area contributed by atoms with E-state index in [4.69, 9.17) is 9.84 Å². The first-order valence-electron chi connectivity index (χ1n) is 5.78. The van der Waals surface area contributed by atoms with Crippen molar-refractivity contribution in [2.24, 2.45) is 0 Å². The van der Waals surface area contributed by atoms with E-state index >= 15 is 0 Å². The van der Waals surface area contributed by atoms with Gasteiger partial charge in [0.2, 0.25) is 0 Å². The lowest BCUT2D eigenvalue weighted by molar-refractivity contribution is 0.101. The Labute approximate surface area is 107 Å². The molecule has 5 nitrogen and oxygen atoms in total. The molecule has 1 rings (SSSR count). The first-order valence-corrected chi connectivity index (χ1v) is 5.78. The molecule has 18 heavy (non-hydrogen) atoms. The number of carbonyl (C=O) groups excluding carboxylic acids is 1. The highest BCUT2D eigenvalue weighted by Gasteiger charge is 2.11. The summed E-state index contributed by atoms with van der Waals surface area (Å²) in [6.07, 6.45) is 0. The minimum absolute atomic E-state index is 0.0128. The van der Waals surface area contributed by atoms with Crippen LogP contribution in [-0.2, 0) is 4.74 Å². The molecule has 0 amide bonds. The number of carbonyl (C=O) groups is 1. The van der Waals surface area contributed by atoms with E-state index in [1.54, 1.807) is 19.2 Å². The average Bonchev–Trinajstić information content (AvgIpc) is 2.33. The van der Waals surface area contributed by atoms with Crippen molar-refractivity contribution in [3.8, 4) is 5.75 Å². The minimum atomic E-state index is -0.176. The molecule has 100 valence electrons. The number of phenols is 1. The number of hydrogen-bond donors (Lipinski definition) is 2. The van der Waals surface area contributed by atoms with Crippen molar-refractivity contribution >= 4 is 11.5 Å².